The molecule has 0 unspecified atom stereocenters. The average molecular weight is 484 g/mol. The number of anilines is 2. The first-order chi connectivity index (χ1) is 17.2. The van der Waals surface area contributed by atoms with Crippen molar-refractivity contribution in [2.24, 2.45) is 0 Å². The minimum atomic E-state index is -0.792. The number of benzene rings is 3. The van der Waals surface area contributed by atoms with Gasteiger partial charge in [-0.2, -0.15) is 0 Å². The fourth-order valence-electron chi connectivity index (χ4n) is 3.78. The largest absolute Gasteiger partial charge is 0.484 e. The molecule has 8 heteroatoms. The normalized spacial score (nSPS) is 14.6. The maximum Gasteiger partial charge on any atom is 0.335 e. The molecular formula is C28H25N3O5. The molecule has 36 heavy (non-hydrogen) atoms. The molecular weight excluding hydrogens is 458 g/mol. The quantitative estimate of drug-likeness (QED) is 0.402. The van der Waals surface area contributed by atoms with Gasteiger partial charge in [-0.3, -0.25) is 19.7 Å². The molecule has 0 atom stereocenters. The van der Waals surface area contributed by atoms with Crippen LogP contribution in [0.15, 0.2) is 72.3 Å². The monoisotopic (exact) mass is 483 g/mol. The summed E-state index contributed by atoms with van der Waals surface area (Å²) in [5, 5.41) is 4.98. The maximum atomic E-state index is 13.1. The average Bonchev–Trinajstić information content (AvgIpc) is 2.82. The number of imide groups is 2. The van der Waals surface area contributed by atoms with Gasteiger partial charge in [0, 0.05) is 5.69 Å². The highest BCUT2D eigenvalue weighted by molar-refractivity contribution is 6.39. The van der Waals surface area contributed by atoms with E-state index in [2.05, 4.69) is 10.6 Å². The van der Waals surface area contributed by atoms with Crippen LogP contribution in [0.3, 0.4) is 0 Å². The van der Waals surface area contributed by atoms with Crippen LogP contribution in [0, 0.1) is 20.8 Å². The zero-order valence-electron chi connectivity index (χ0n) is 20.1. The predicted octanol–water partition coefficient (Wildman–Crippen LogP) is 4.30. The second-order valence-corrected chi connectivity index (χ2v) is 8.58. The Labute approximate surface area is 208 Å². The zero-order chi connectivity index (χ0) is 25.8. The van der Waals surface area contributed by atoms with Crippen molar-refractivity contribution < 1.29 is 23.9 Å². The van der Waals surface area contributed by atoms with Gasteiger partial charge in [0.1, 0.15) is 11.3 Å². The van der Waals surface area contributed by atoms with Crippen LogP contribution in [0.25, 0.3) is 6.08 Å². The number of carbonyl (C=O) groups is 4. The molecule has 8 nitrogen and oxygen atoms in total. The van der Waals surface area contributed by atoms with Crippen molar-refractivity contribution >= 4 is 41.2 Å². The van der Waals surface area contributed by atoms with Crippen molar-refractivity contribution in [2.45, 2.75) is 20.8 Å². The molecule has 3 aromatic rings. The first-order valence-corrected chi connectivity index (χ1v) is 11.3. The molecule has 0 aromatic heterocycles. The zero-order valence-corrected chi connectivity index (χ0v) is 20.1. The smallest absolute Gasteiger partial charge is 0.335 e. The molecule has 1 fully saturated rings. The number of amides is 5. The van der Waals surface area contributed by atoms with Crippen LogP contribution in [0.2, 0.25) is 0 Å². The number of hydrogen-bond donors (Lipinski definition) is 2. The van der Waals surface area contributed by atoms with Crippen molar-refractivity contribution in [1.29, 1.82) is 0 Å². The fraction of sp³-hybridized carbons (Fsp3) is 0.143. The SMILES string of the molecule is Cc1ccc(NC(=O)COc2ccc(C=C3C(=O)NC(=O)N(c4cc(C)cc(C)c4)C3=O)cc2)cc1. The summed E-state index contributed by atoms with van der Waals surface area (Å²) < 4.78 is 5.53. The van der Waals surface area contributed by atoms with E-state index in [4.69, 9.17) is 4.74 Å². The molecule has 0 bridgehead atoms. The first kappa shape index (κ1) is 24.4. The Bertz CT molecular complexity index is 1360. The van der Waals surface area contributed by atoms with Crippen LogP contribution in [0.1, 0.15) is 22.3 Å². The number of nitrogens with one attached hydrogen (secondary N) is 2. The third-order valence-electron chi connectivity index (χ3n) is 5.46. The van der Waals surface area contributed by atoms with E-state index in [0.717, 1.165) is 21.6 Å². The summed E-state index contributed by atoms with van der Waals surface area (Å²) >= 11 is 0. The molecule has 182 valence electrons. The molecule has 1 aliphatic rings. The molecule has 3 aromatic carbocycles. The van der Waals surface area contributed by atoms with Crippen LogP contribution in [0.5, 0.6) is 5.75 Å². The lowest BCUT2D eigenvalue weighted by Gasteiger charge is -2.27. The lowest BCUT2D eigenvalue weighted by atomic mass is 10.1. The van der Waals surface area contributed by atoms with E-state index in [0.29, 0.717) is 22.7 Å². The van der Waals surface area contributed by atoms with Crippen LogP contribution in [-0.2, 0) is 14.4 Å². The van der Waals surface area contributed by atoms with E-state index in [1.54, 1.807) is 36.4 Å². The predicted molar refractivity (Wildman–Crippen MR) is 137 cm³/mol. The van der Waals surface area contributed by atoms with Gasteiger partial charge in [0.2, 0.25) is 0 Å². The summed E-state index contributed by atoms with van der Waals surface area (Å²) in [6, 6.07) is 18.5. The third kappa shape index (κ3) is 5.67. The van der Waals surface area contributed by atoms with Crippen LogP contribution >= 0.6 is 0 Å². The number of hydrogen-bond acceptors (Lipinski definition) is 5. The Morgan fingerprint density at radius 2 is 1.53 bits per heavy atom. The van der Waals surface area contributed by atoms with Crippen molar-refractivity contribution in [3.63, 3.8) is 0 Å². The topological polar surface area (TPSA) is 105 Å². The third-order valence-corrected chi connectivity index (χ3v) is 5.46. The second kappa shape index (κ2) is 10.3. The summed E-state index contributed by atoms with van der Waals surface area (Å²) in [6.45, 7) is 5.51. The van der Waals surface area contributed by atoms with Crippen LogP contribution in [-0.4, -0.2) is 30.4 Å². The van der Waals surface area contributed by atoms with E-state index in [1.165, 1.54) is 6.08 Å². The molecule has 1 saturated heterocycles. The van der Waals surface area contributed by atoms with Crippen molar-refractivity contribution in [2.75, 3.05) is 16.8 Å². The van der Waals surface area contributed by atoms with Crippen LogP contribution < -0.4 is 20.3 Å². The molecule has 0 radical (unpaired) electrons. The molecule has 4 rings (SSSR count). The summed E-state index contributed by atoms with van der Waals surface area (Å²) in [6.07, 6.45) is 1.41. The first-order valence-electron chi connectivity index (χ1n) is 11.3. The van der Waals surface area contributed by atoms with E-state index >= 15 is 0 Å². The molecule has 0 saturated carbocycles. The van der Waals surface area contributed by atoms with E-state index in [1.807, 2.05) is 51.1 Å². The fourth-order valence-corrected chi connectivity index (χ4v) is 3.78. The summed E-state index contributed by atoms with van der Waals surface area (Å²) in [4.78, 5) is 51.0. The highest BCUT2D eigenvalue weighted by Crippen LogP contribution is 2.24. The van der Waals surface area contributed by atoms with Gasteiger partial charge in [0.25, 0.3) is 17.7 Å². The minimum Gasteiger partial charge on any atom is -0.484 e. The molecule has 1 heterocycles. The number of urea groups is 1. The Hall–Kier alpha value is -4.72. The highest BCUT2D eigenvalue weighted by atomic mass is 16.5. The van der Waals surface area contributed by atoms with Gasteiger partial charge in [-0.1, -0.05) is 35.9 Å². The van der Waals surface area contributed by atoms with E-state index < -0.39 is 17.8 Å². The van der Waals surface area contributed by atoms with E-state index in [-0.39, 0.29) is 18.1 Å². The van der Waals surface area contributed by atoms with E-state index in [9.17, 15) is 19.2 Å². The summed E-state index contributed by atoms with van der Waals surface area (Å²) in [5.41, 5.74) is 4.32. The number of aryl methyl sites for hydroxylation is 3. The number of carbonyl (C=O) groups excluding carboxylic acids is 4. The number of rotatable bonds is 6. The van der Waals surface area contributed by atoms with Gasteiger partial charge in [-0.05, 0) is 79.9 Å². The van der Waals surface area contributed by atoms with Gasteiger partial charge in [0.15, 0.2) is 6.61 Å². The number of barbiturate groups is 1. The maximum absolute atomic E-state index is 13.1. The number of ether oxygens (including phenoxy) is 1. The Morgan fingerprint density at radius 1 is 0.889 bits per heavy atom. The highest BCUT2D eigenvalue weighted by Gasteiger charge is 2.36. The van der Waals surface area contributed by atoms with Crippen molar-refractivity contribution in [3.8, 4) is 5.75 Å². The van der Waals surface area contributed by atoms with Gasteiger partial charge in [-0.15, -0.1) is 0 Å². The van der Waals surface area contributed by atoms with Gasteiger partial charge < -0.3 is 10.1 Å². The van der Waals surface area contributed by atoms with Gasteiger partial charge in [-0.25, -0.2) is 9.69 Å². The molecule has 2 N–H and O–H groups in total. The molecule has 5 amide bonds. The lowest BCUT2D eigenvalue weighted by molar-refractivity contribution is -0.122. The Morgan fingerprint density at radius 3 is 2.17 bits per heavy atom. The van der Waals surface area contributed by atoms with Crippen LogP contribution in [0.4, 0.5) is 16.2 Å². The van der Waals surface area contributed by atoms with Gasteiger partial charge >= 0.3 is 6.03 Å². The minimum absolute atomic E-state index is 0.167. The molecule has 0 spiro atoms. The Balaban J connectivity index is 1.44. The van der Waals surface area contributed by atoms with Gasteiger partial charge in [0.05, 0.1) is 5.69 Å². The van der Waals surface area contributed by atoms with Crippen molar-refractivity contribution in [1.82, 2.24) is 5.32 Å². The standard InChI is InChI=1S/C28H25N3O5/c1-17-4-8-21(9-5-17)29-25(32)16-36-23-10-6-20(7-11-23)15-24-26(33)30-28(35)31(27(24)34)22-13-18(2)12-19(3)14-22/h4-15H,16H2,1-3H3,(H,29,32)(H,30,33,35). The Kier molecular flexibility index (Phi) is 6.96. The number of nitrogens with zero attached hydrogens (tertiary/aromatic N) is 1. The second-order valence-electron chi connectivity index (χ2n) is 8.58. The van der Waals surface area contributed by atoms with Crippen molar-refractivity contribution in [3.05, 3.63) is 94.6 Å². The summed E-state index contributed by atoms with van der Waals surface area (Å²) in [7, 11) is 0. The molecule has 0 aliphatic carbocycles. The lowest BCUT2D eigenvalue weighted by Crippen LogP contribution is -2.54. The molecule has 1 aliphatic heterocycles. The summed E-state index contributed by atoms with van der Waals surface area (Å²) in [5.74, 6) is -1.33.